The van der Waals surface area contributed by atoms with E-state index in [4.69, 9.17) is 4.42 Å². The van der Waals surface area contributed by atoms with E-state index in [1.54, 1.807) is 0 Å². The molecule has 1 aromatic rings. The molecule has 0 bridgehead atoms. The topological polar surface area (TPSA) is 19.6 Å². The summed E-state index contributed by atoms with van der Waals surface area (Å²) in [6, 6.07) is 4.07. The standard InChI is InChI=1S/C18H26N2O/c1-5-11-19(12-6-2)15-17-9-10-18(21-17)16-20(13-7-3)14-8-4/h5-10H,1-4,11-16H2. The molecule has 0 aliphatic carbocycles. The molecule has 0 fully saturated rings. The molecule has 0 aromatic carbocycles. The van der Waals surface area contributed by atoms with Gasteiger partial charge in [-0.1, -0.05) is 24.3 Å². The zero-order chi connectivity index (χ0) is 15.5. The van der Waals surface area contributed by atoms with Gasteiger partial charge in [0.1, 0.15) is 11.5 Å². The third kappa shape index (κ3) is 6.43. The van der Waals surface area contributed by atoms with Crippen molar-refractivity contribution in [1.82, 2.24) is 9.80 Å². The van der Waals surface area contributed by atoms with E-state index in [1.165, 1.54) is 0 Å². The Morgan fingerprint density at radius 3 is 1.33 bits per heavy atom. The number of furan rings is 1. The van der Waals surface area contributed by atoms with E-state index in [1.807, 2.05) is 36.4 Å². The van der Waals surface area contributed by atoms with Crippen LogP contribution in [0.1, 0.15) is 11.5 Å². The van der Waals surface area contributed by atoms with Crippen molar-refractivity contribution in [2.75, 3.05) is 26.2 Å². The van der Waals surface area contributed by atoms with Crippen LogP contribution in [0.2, 0.25) is 0 Å². The molecule has 0 aliphatic rings. The molecular formula is C18H26N2O. The van der Waals surface area contributed by atoms with Crippen molar-refractivity contribution in [2.45, 2.75) is 13.1 Å². The summed E-state index contributed by atoms with van der Waals surface area (Å²) < 4.78 is 5.91. The predicted octanol–water partition coefficient (Wildman–Crippen LogP) is 3.63. The van der Waals surface area contributed by atoms with E-state index in [0.29, 0.717) is 0 Å². The smallest absolute Gasteiger partial charge is 0.118 e. The summed E-state index contributed by atoms with van der Waals surface area (Å²) in [6.45, 7) is 19.9. The lowest BCUT2D eigenvalue weighted by Crippen LogP contribution is -2.23. The van der Waals surface area contributed by atoms with Crippen molar-refractivity contribution in [2.24, 2.45) is 0 Å². The third-order valence-electron chi connectivity index (χ3n) is 3.03. The molecule has 0 saturated carbocycles. The first-order valence-electron chi connectivity index (χ1n) is 7.19. The van der Waals surface area contributed by atoms with Crippen molar-refractivity contribution in [3.63, 3.8) is 0 Å². The molecule has 0 spiro atoms. The lowest BCUT2D eigenvalue weighted by atomic mass is 10.3. The molecule has 3 nitrogen and oxygen atoms in total. The van der Waals surface area contributed by atoms with E-state index in [9.17, 15) is 0 Å². The molecule has 0 radical (unpaired) electrons. The van der Waals surface area contributed by atoms with Gasteiger partial charge in [0, 0.05) is 26.2 Å². The maximum atomic E-state index is 5.91. The summed E-state index contributed by atoms with van der Waals surface area (Å²) in [5.74, 6) is 1.93. The summed E-state index contributed by atoms with van der Waals surface area (Å²) in [5, 5.41) is 0. The lowest BCUT2D eigenvalue weighted by molar-refractivity contribution is 0.264. The highest BCUT2D eigenvalue weighted by Gasteiger charge is 2.09. The summed E-state index contributed by atoms with van der Waals surface area (Å²) in [4.78, 5) is 4.43. The largest absolute Gasteiger partial charge is 0.463 e. The number of rotatable bonds is 12. The van der Waals surface area contributed by atoms with Gasteiger partial charge in [-0.15, -0.1) is 26.3 Å². The number of nitrogens with zero attached hydrogens (tertiary/aromatic N) is 2. The summed E-state index contributed by atoms with van der Waals surface area (Å²) in [7, 11) is 0. The molecule has 0 atom stereocenters. The first-order valence-corrected chi connectivity index (χ1v) is 7.19. The molecule has 0 N–H and O–H groups in total. The molecular weight excluding hydrogens is 260 g/mol. The second-order valence-electron chi connectivity index (χ2n) is 4.91. The average molecular weight is 286 g/mol. The van der Waals surface area contributed by atoms with E-state index >= 15 is 0 Å². The van der Waals surface area contributed by atoms with Crippen molar-refractivity contribution in [1.29, 1.82) is 0 Å². The first-order chi connectivity index (χ1) is 10.2. The molecule has 0 saturated heterocycles. The van der Waals surface area contributed by atoms with Crippen molar-refractivity contribution < 1.29 is 4.42 Å². The molecule has 1 aromatic heterocycles. The number of hydrogen-bond donors (Lipinski definition) is 0. The Labute approximate surface area is 128 Å². The molecule has 3 heteroatoms. The van der Waals surface area contributed by atoms with Gasteiger partial charge in [-0.3, -0.25) is 9.80 Å². The third-order valence-corrected chi connectivity index (χ3v) is 3.03. The Morgan fingerprint density at radius 1 is 0.714 bits per heavy atom. The van der Waals surface area contributed by atoms with Crippen LogP contribution in [0.3, 0.4) is 0 Å². The molecule has 0 aliphatic heterocycles. The fourth-order valence-electron chi connectivity index (χ4n) is 2.17. The Morgan fingerprint density at radius 2 is 1.05 bits per heavy atom. The highest BCUT2D eigenvalue weighted by Crippen LogP contribution is 2.13. The van der Waals surface area contributed by atoms with Crippen LogP contribution in [0, 0.1) is 0 Å². The molecule has 1 heterocycles. The van der Waals surface area contributed by atoms with Gasteiger partial charge in [0.2, 0.25) is 0 Å². The fourth-order valence-corrected chi connectivity index (χ4v) is 2.17. The molecule has 114 valence electrons. The summed E-state index contributed by atoms with van der Waals surface area (Å²) in [6.07, 6.45) is 7.57. The maximum Gasteiger partial charge on any atom is 0.118 e. The quantitative estimate of drug-likeness (QED) is 0.547. The van der Waals surface area contributed by atoms with E-state index in [-0.39, 0.29) is 0 Å². The van der Waals surface area contributed by atoms with E-state index in [0.717, 1.165) is 50.8 Å². The monoisotopic (exact) mass is 286 g/mol. The fraction of sp³-hybridized carbons (Fsp3) is 0.333. The van der Waals surface area contributed by atoms with Crippen LogP contribution in [0.15, 0.2) is 67.2 Å². The van der Waals surface area contributed by atoms with Gasteiger partial charge in [-0.2, -0.15) is 0 Å². The van der Waals surface area contributed by atoms with Gasteiger partial charge >= 0.3 is 0 Å². The Balaban J connectivity index is 2.61. The minimum atomic E-state index is 0.765. The second kappa shape index (κ2) is 9.97. The molecule has 0 unspecified atom stereocenters. The van der Waals surface area contributed by atoms with Gasteiger partial charge in [-0.05, 0) is 12.1 Å². The van der Waals surface area contributed by atoms with Gasteiger partial charge in [0.15, 0.2) is 0 Å². The highest BCUT2D eigenvalue weighted by molar-refractivity contribution is 5.08. The van der Waals surface area contributed by atoms with Gasteiger partial charge in [-0.25, -0.2) is 0 Å². The Bertz CT molecular complexity index is 401. The summed E-state index contributed by atoms with van der Waals surface area (Å²) in [5.41, 5.74) is 0. The van der Waals surface area contributed by atoms with Crippen LogP contribution in [-0.4, -0.2) is 36.0 Å². The van der Waals surface area contributed by atoms with Crippen LogP contribution in [0.25, 0.3) is 0 Å². The minimum absolute atomic E-state index is 0.765. The van der Waals surface area contributed by atoms with Gasteiger partial charge in [0.25, 0.3) is 0 Å². The second-order valence-corrected chi connectivity index (χ2v) is 4.91. The summed E-state index contributed by atoms with van der Waals surface area (Å²) >= 11 is 0. The van der Waals surface area contributed by atoms with E-state index < -0.39 is 0 Å². The SMILES string of the molecule is C=CCN(CC=C)Cc1ccc(CN(CC=C)CC=C)o1. The Hall–Kier alpha value is -1.84. The van der Waals surface area contributed by atoms with Crippen LogP contribution in [0.5, 0.6) is 0 Å². The van der Waals surface area contributed by atoms with Crippen molar-refractivity contribution in [3.05, 3.63) is 74.3 Å². The minimum Gasteiger partial charge on any atom is -0.463 e. The molecule has 0 amide bonds. The van der Waals surface area contributed by atoms with Crippen LogP contribution < -0.4 is 0 Å². The predicted molar refractivity (Wildman–Crippen MR) is 90.1 cm³/mol. The molecule has 21 heavy (non-hydrogen) atoms. The normalized spacial score (nSPS) is 10.8. The van der Waals surface area contributed by atoms with Crippen molar-refractivity contribution >= 4 is 0 Å². The number of hydrogen-bond acceptors (Lipinski definition) is 3. The van der Waals surface area contributed by atoms with E-state index in [2.05, 4.69) is 36.1 Å². The molecule has 1 rings (SSSR count). The Kier molecular flexibility index (Phi) is 8.17. The lowest BCUT2D eigenvalue weighted by Gasteiger charge is -2.18. The van der Waals surface area contributed by atoms with Crippen LogP contribution >= 0.6 is 0 Å². The average Bonchev–Trinajstić information content (AvgIpc) is 2.87. The van der Waals surface area contributed by atoms with Gasteiger partial charge < -0.3 is 4.42 Å². The van der Waals surface area contributed by atoms with Crippen LogP contribution in [-0.2, 0) is 13.1 Å². The maximum absolute atomic E-state index is 5.91. The van der Waals surface area contributed by atoms with Crippen LogP contribution in [0.4, 0.5) is 0 Å². The zero-order valence-electron chi connectivity index (χ0n) is 12.8. The first kappa shape index (κ1) is 17.2. The highest BCUT2D eigenvalue weighted by atomic mass is 16.3. The zero-order valence-corrected chi connectivity index (χ0v) is 12.8. The van der Waals surface area contributed by atoms with Crippen molar-refractivity contribution in [3.8, 4) is 0 Å². The van der Waals surface area contributed by atoms with Gasteiger partial charge in [0.05, 0.1) is 13.1 Å².